The molecule has 1 aromatic rings. The molecule has 0 aliphatic rings. The van der Waals surface area contributed by atoms with E-state index in [4.69, 9.17) is 0 Å². The Balaban J connectivity index is 2.59. The second kappa shape index (κ2) is 6.49. The number of benzene rings is 1. The number of rotatable bonds is 5. The van der Waals surface area contributed by atoms with Crippen LogP contribution in [0.25, 0.3) is 0 Å². The zero-order valence-electron chi connectivity index (χ0n) is 10.2. The molecular formula is C12H15BrN2O3. The van der Waals surface area contributed by atoms with Crippen molar-refractivity contribution in [2.24, 2.45) is 5.92 Å². The van der Waals surface area contributed by atoms with Gasteiger partial charge in [-0.1, -0.05) is 29.8 Å². The van der Waals surface area contributed by atoms with Gasteiger partial charge in [-0.25, -0.2) is 0 Å². The highest BCUT2D eigenvalue weighted by Crippen LogP contribution is 2.13. The molecule has 1 rings (SSSR count). The number of amides is 1. The summed E-state index contributed by atoms with van der Waals surface area (Å²) in [6.07, 6.45) is 0. The van der Waals surface area contributed by atoms with Gasteiger partial charge in [0, 0.05) is 29.1 Å². The summed E-state index contributed by atoms with van der Waals surface area (Å²) in [4.78, 5) is 21.9. The van der Waals surface area contributed by atoms with E-state index in [-0.39, 0.29) is 16.4 Å². The minimum absolute atomic E-state index is 0.0212. The van der Waals surface area contributed by atoms with Gasteiger partial charge in [0.15, 0.2) is 0 Å². The van der Waals surface area contributed by atoms with Crippen molar-refractivity contribution in [1.82, 2.24) is 5.32 Å². The molecule has 0 saturated carbocycles. The third kappa shape index (κ3) is 4.10. The second-order valence-corrected chi connectivity index (χ2v) is 5.45. The van der Waals surface area contributed by atoms with Crippen molar-refractivity contribution in [2.45, 2.75) is 18.7 Å². The van der Waals surface area contributed by atoms with Crippen LogP contribution in [0.2, 0.25) is 0 Å². The van der Waals surface area contributed by atoms with E-state index in [2.05, 4.69) is 35.1 Å². The number of hydrogen-bond acceptors (Lipinski definition) is 3. The molecule has 1 aromatic carbocycles. The summed E-state index contributed by atoms with van der Waals surface area (Å²) in [6, 6.07) is 5.55. The number of hydrogen-bond donors (Lipinski definition) is 1. The molecule has 98 valence electrons. The first-order valence-electron chi connectivity index (χ1n) is 5.58. The SMILES string of the molecule is CC(C)C(Br)CNC(=O)c1ccc([N+](=O)[O-])cc1. The number of alkyl halides is 1. The molecule has 0 heterocycles. The number of non-ortho nitro benzene ring substituents is 1. The lowest BCUT2D eigenvalue weighted by molar-refractivity contribution is -0.384. The standard InChI is InChI=1S/C12H15BrN2O3/c1-8(2)11(13)7-14-12(16)9-3-5-10(6-4-9)15(17)18/h3-6,8,11H,7H2,1-2H3,(H,14,16). The minimum Gasteiger partial charge on any atom is -0.351 e. The first-order valence-corrected chi connectivity index (χ1v) is 6.50. The molecule has 5 nitrogen and oxygen atoms in total. The average molecular weight is 315 g/mol. The first kappa shape index (κ1) is 14.6. The van der Waals surface area contributed by atoms with Crippen molar-refractivity contribution in [3.05, 3.63) is 39.9 Å². The molecule has 0 aliphatic carbocycles. The molecule has 6 heteroatoms. The summed E-state index contributed by atoms with van der Waals surface area (Å²) in [5.74, 6) is 0.192. The number of nitrogens with zero attached hydrogens (tertiary/aromatic N) is 1. The van der Waals surface area contributed by atoms with Gasteiger partial charge >= 0.3 is 0 Å². The van der Waals surface area contributed by atoms with Crippen LogP contribution in [0.3, 0.4) is 0 Å². The number of nitro benzene ring substituents is 1. The molecule has 0 spiro atoms. The molecule has 1 amide bonds. The van der Waals surface area contributed by atoms with Crippen LogP contribution in [0.1, 0.15) is 24.2 Å². The van der Waals surface area contributed by atoms with E-state index >= 15 is 0 Å². The van der Waals surface area contributed by atoms with E-state index < -0.39 is 4.92 Å². The molecule has 0 saturated heterocycles. The van der Waals surface area contributed by atoms with Gasteiger partial charge in [0.05, 0.1) is 4.92 Å². The largest absolute Gasteiger partial charge is 0.351 e. The number of carbonyl (C=O) groups is 1. The summed E-state index contributed by atoms with van der Waals surface area (Å²) >= 11 is 3.47. The van der Waals surface area contributed by atoms with Crippen LogP contribution in [-0.2, 0) is 0 Å². The Labute approximate surface area is 114 Å². The Morgan fingerprint density at radius 3 is 2.39 bits per heavy atom. The molecule has 1 atom stereocenters. The third-order valence-corrected chi connectivity index (χ3v) is 3.90. The lowest BCUT2D eigenvalue weighted by atomic mass is 10.1. The van der Waals surface area contributed by atoms with Crippen molar-refractivity contribution in [3.8, 4) is 0 Å². The Bertz CT molecular complexity index is 431. The lowest BCUT2D eigenvalue weighted by Gasteiger charge is -2.14. The van der Waals surface area contributed by atoms with Gasteiger partial charge in [-0.2, -0.15) is 0 Å². The van der Waals surface area contributed by atoms with Gasteiger partial charge in [0.25, 0.3) is 11.6 Å². The first-order chi connectivity index (χ1) is 8.41. The van der Waals surface area contributed by atoms with Crippen LogP contribution in [0.15, 0.2) is 24.3 Å². The summed E-state index contributed by atoms with van der Waals surface area (Å²) in [5.41, 5.74) is 0.399. The molecule has 0 fully saturated rings. The second-order valence-electron chi connectivity index (χ2n) is 4.27. The monoisotopic (exact) mass is 314 g/mol. The highest BCUT2D eigenvalue weighted by Gasteiger charge is 2.12. The van der Waals surface area contributed by atoms with Gasteiger partial charge in [-0.15, -0.1) is 0 Å². The Morgan fingerprint density at radius 1 is 1.39 bits per heavy atom. The zero-order chi connectivity index (χ0) is 13.7. The summed E-state index contributed by atoms with van der Waals surface area (Å²) in [5, 5.41) is 13.2. The van der Waals surface area contributed by atoms with Gasteiger partial charge in [-0.3, -0.25) is 14.9 Å². The Morgan fingerprint density at radius 2 is 1.94 bits per heavy atom. The summed E-state index contributed by atoms with van der Waals surface area (Å²) in [6.45, 7) is 4.63. The lowest BCUT2D eigenvalue weighted by Crippen LogP contribution is -2.31. The van der Waals surface area contributed by atoms with Crippen molar-refractivity contribution in [3.63, 3.8) is 0 Å². The van der Waals surface area contributed by atoms with Gasteiger partial charge < -0.3 is 5.32 Å². The predicted octanol–water partition coefficient (Wildman–Crippen LogP) is 2.74. The van der Waals surface area contributed by atoms with Gasteiger partial charge in [0.2, 0.25) is 0 Å². The summed E-state index contributed by atoms with van der Waals surface area (Å²) in [7, 11) is 0. The van der Waals surface area contributed by atoms with Crippen LogP contribution >= 0.6 is 15.9 Å². The van der Waals surface area contributed by atoms with Crippen LogP contribution < -0.4 is 5.32 Å². The minimum atomic E-state index is -0.491. The average Bonchev–Trinajstić information content (AvgIpc) is 2.35. The quantitative estimate of drug-likeness (QED) is 0.516. The molecule has 0 radical (unpaired) electrons. The van der Waals surface area contributed by atoms with E-state index in [1.54, 1.807) is 0 Å². The Hall–Kier alpha value is -1.43. The highest BCUT2D eigenvalue weighted by molar-refractivity contribution is 9.09. The van der Waals surface area contributed by atoms with Crippen LogP contribution in [0.4, 0.5) is 5.69 Å². The molecule has 18 heavy (non-hydrogen) atoms. The van der Waals surface area contributed by atoms with Crippen LogP contribution in [0.5, 0.6) is 0 Å². The third-order valence-electron chi connectivity index (χ3n) is 2.52. The van der Waals surface area contributed by atoms with E-state index in [1.807, 2.05) is 0 Å². The number of nitrogens with one attached hydrogen (secondary N) is 1. The van der Waals surface area contributed by atoms with Crippen molar-refractivity contribution < 1.29 is 9.72 Å². The van der Waals surface area contributed by atoms with Crippen LogP contribution in [-0.4, -0.2) is 22.2 Å². The number of halogens is 1. The van der Waals surface area contributed by atoms with Crippen LogP contribution in [0, 0.1) is 16.0 Å². The molecule has 1 unspecified atom stereocenters. The predicted molar refractivity (Wildman–Crippen MR) is 73.0 cm³/mol. The fourth-order valence-electron chi connectivity index (χ4n) is 1.26. The highest BCUT2D eigenvalue weighted by atomic mass is 79.9. The number of nitro groups is 1. The normalized spacial score (nSPS) is 12.2. The van der Waals surface area contributed by atoms with E-state index in [0.717, 1.165) is 0 Å². The van der Waals surface area contributed by atoms with Crippen molar-refractivity contribution >= 4 is 27.5 Å². The van der Waals surface area contributed by atoms with E-state index in [9.17, 15) is 14.9 Å². The molecule has 0 aliphatic heterocycles. The maximum Gasteiger partial charge on any atom is 0.269 e. The maximum atomic E-state index is 11.8. The van der Waals surface area contributed by atoms with Crippen molar-refractivity contribution in [1.29, 1.82) is 0 Å². The van der Waals surface area contributed by atoms with E-state index in [0.29, 0.717) is 18.0 Å². The molecule has 0 aromatic heterocycles. The fourth-order valence-corrected chi connectivity index (χ4v) is 1.42. The molecule has 0 bridgehead atoms. The van der Waals surface area contributed by atoms with Gasteiger partial charge in [0.1, 0.15) is 0 Å². The van der Waals surface area contributed by atoms with Gasteiger partial charge in [-0.05, 0) is 18.1 Å². The number of carbonyl (C=O) groups excluding carboxylic acids is 1. The zero-order valence-corrected chi connectivity index (χ0v) is 11.8. The van der Waals surface area contributed by atoms with E-state index in [1.165, 1.54) is 24.3 Å². The molecule has 1 N–H and O–H groups in total. The fraction of sp³-hybridized carbons (Fsp3) is 0.417. The molecular weight excluding hydrogens is 300 g/mol. The Kier molecular flexibility index (Phi) is 5.27. The van der Waals surface area contributed by atoms with Crippen molar-refractivity contribution in [2.75, 3.05) is 6.54 Å². The smallest absolute Gasteiger partial charge is 0.269 e. The topological polar surface area (TPSA) is 72.2 Å². The maximum absolute atomic E-state index is 11.8. The summed E-state index contributed by atoms with van der Waals surface area (Å²) < 4.78 is 0.